The number of nitrogens with zero attached hydrogens (tertiary/aromatic N) is 2. The second-order valence-electron chi connectivity index (χ2n) is 4.24. The van der Waals surface area contributed by atoms with Crippen LogP contribution in [0.5, 0.6) is 5.75 Å². The average molecular weight is 307 g/mol. The zero-order valence-corrected chi connectivity index (χ0v) is 11.6. The van der Waals surface area contributed by atoms with E-state index in [2.05, 4.69) is 20.0 Å². The zero-order valence-electron chi connectivity index (χ0n) is 10.8. The number of benzene rings is 1. The number of hydrogen-bond acceptors (Lipinski definition) is 5. The lowest BCUT2D eigenvalue weighted by Gasteiger charge is -2.08. The van der Waals surface area contributed by atoms with Crippen molar-refractivity contribution in [3.8, 4) is 5.75 Å². The third kappa shape index (κ3) is 3.25. The first kappa shape index (κ1) is 13.7. The molecule has 0 amide bonds. The van der Waals surface area contributed by atoms with E-state index in [4.69, 9.17) is 0 Å². The van der Waals surface area contributed by atoms with Crippen LogP contribution >= 0.6 is 11.3 Å². The van der Waals surface area contributed by atoms with E-state index in [9.17, 15) is 8.78 Å². The molecule has 0 radical (unpaired) electrons. The summed E-state index contributed by atoms with van der Waals surface area (Å²) in [4.78, 5) is 9.31. The van der Waals surface area contributed by atoms with E-state index in [-0.39, 0.29) is 5.75 Å². The zero-order chi connectivity index (χ0) is 14.7. The fraction of sp³-hybridized carbons (Fsp3) is 0.143. The van der Waals surface area contributed by atoms with Gasteiger partial charge >= 0.3 is 6.61 Å². The van der Waals surface area contributed by atoms with Crippen LogP contribution in [0.4, 0.5) is 14.6 Å². The maximum absolute atomic E-state index is 12.1. The summed E-state index contributed by atoms with van der Waals surface area (Å²) in [7, 11) is 0. The number of hydrogen-bond donors (Lipinski definition) is 1. The molecule has 0 spiro atoms. The Kier molecular flexibility index (Phi) is 3.92. The van der Waals surface area contributed by atoms with Crippen LogP contribution in [0, 0.1) is 0 Å². The maximum Gasteiger partial charge on any atom is 0.387 e. The summed E-state index contributed by atoms with van der Waals surface area (Å²) in [5.74, 6) is 0.908. The van der Waals surface area contributed by atoms with Crippen molar-refractivity contribution in [2.24, 2.45) is 0 Å². The van der Waals surface area contributed by atoms with Gasteiger partial charge in [-0.15, -0.1) is 11.3 Å². The van der Waals surface area contributed by atoms with E-state index >= 15 is 0 Å². The van der Waals surface area contributed by atoms with Gasteiger partial charge in [-0.25, -0.2) is 9.97 Å². The number of aromatic nitrogens is 2. The van der Waals surface area contributed by atoms with E-state index in [1.165, 1.54) is 18.5 Å². The van der Waals surface area contributed by atoms with Crippen molar-refractivity contribution in [2.75, 3.05) is 5.32 Å². The number of fused-ring (bicyclic) bond motifs is 1. The van der Waals surface area contributed by atoms with Crippen LogP contribution in [0.25, 0.3) is 10.2 Å². The number of rotatable bonds is 5. The first-order valence-electron chi connectivity index (χ1n) is 6.18. The van der Waals surface area contributed by atoms with Crippen molar-refractivity contribution in [3.63, 3.8) is 0 Å². The molecule has 2 aromatic heterocycles. The number of alkyl halides is 2. The van der Waals surface area contributed by atoms with Crippen LogP contribution in [-0.4, -0.2) is 16.6 Å². The summed E-state index contributed by atoms with van der Waals surface area (Å²) in [5.41, 5.74) is 0.943. The van der Waals surface area contributed by atoms with Gasteiger partial charge < -0.3 is 10.1 Å². The predicted octanol–water partition coefficient (Wildman–Crippen LogP) is 3.90. The molecule has 0 unspecified atom stereocenters. The Labute approximate surface area is 123 Å². The van der Waals surface area contributed by atoms with E-state index in [1.54, 1.807) is 23.5 Å². The average Bonchev–Trinajstić information content (AvgIpc) is 2.95. The molecule has 0 saturated carbocycles. The van der Waals surface area contributed by atoms with Gasteiger partial charge in [-0.05, 0) is 29.1 Å². The van der Waals surface area contributed by atoms with Crippen molar-refractivity contribution in [1.82, 2.24) is 9.97 Å². The Bertz CT molecular complexity index is 730. The minimum atomic E-state index is -2.80. The number of ether oxygens (including phenoxy) is 1. The van der Waals surface area contributed by atoms with Gasteiger partial charge in [0.2, 0.25) is 0 Å². The lowest BCUT2D eigenvalue weighted by molar-refractivity contribution is -0.0498. The first-order valence-corrected chi connectivity index (χ1v) is 7.06. The lowest BCUT2D eigenvalue weighted by atomic mass is 10.2. The molecule has 0 atom stereocenters. The lowest BCUT2D eigenvalue weighted by Crippen LogP contribution is -2.03. The summed E-state index contributed by atoms with van der Waals surface area (Å²) in [6.07, 6.45) is 1.51. The standard InChI is InChI=1S/C14H11F2N3OS/c15-14(16)20-10-3-1-9(2-4-10)7-17-12-11-5-6-21-13(11)19-8-18-12/h1-6,8,14H,7H2,(H,17,18,19). The van der Waals surface area contributed by atoms with Gasteiger partial charge in [0.15, 0.2) is 0 Å². The van der Waals surface area contributed by atoms with E-state index in [1.807, 2.05) is 11.4 Å². The highest BCUT2D eigenvalue weighted by atomic mass is 32.1. The van der Waals surface area contributed by atoms with Gasteiger partial charge in [-0.2, -0.15) is 8.78 Å². The highest BCUT2D eigenvalue weighted by Crippen LogP contribution is 2.24. The van der Waals surface area contributed by atoms with Crippen LogP contribution in [0.1, 0.15) is 5.56 Å². The molecule has 0 fully saturated rings. The van der Waals surface area contributed by atoms with Gasteiger partial charge in [-0.1, -0.05) is 12.1 Å². The molecular weight excluding hydrogens is 296 g/mol. The highest BCUT2D eigenvalue weighted by Gasteiger charge is 2.06. The second kappa shape index (κ2) is 6.01. The monoisotopic (exact) mass is 307 g/mol. The van der Waals surface area contributed by atoms with Crippen LogP contribution in [0.15, 0.2) is 42.0 Å². The summed E-state index contributed by atoms with van der Waals surface area (Å²) in [6, 6.07) is 8.46. The molecule has 3 aromatic rings. The third-order valence-electron chi connectivity index (χ3n) is 2.87. The Balaban J connectivity index is 1.68. The van der Waals surface area contributed by atoms with Crippen molar-refractivity contribution < 1.29 is 13.5 Å². The van der Waals surface area contributed by atoms with Gasteiger partial charge in [0, 0.05) is 6.54 Å². The molecule has 0 aliphatic carbocycles. The molecular formula is C14H11F2N3OS. The molecule has 1 N–H and O–H groups in total. The van der Waals surface area contributed by atoms with Crippen LogP contribution in [0.3, 0.4) is 0 Å². The fourth-order valence-corrected chi connectivity index (χ4v) is 2.64. The molecule has 4 nitrogen and oxygen atoms in total. The predicted molar refractivity (Wildman–Crippen MR) is 77.8 cm³/mol. The number of anilines is 1. The largest absolute Gasteiger partial charge is 0.435 e. The Hall–Kier alpha value is -2.28. The minimum Gasteiger partial charge on any atom is -0.435 e. The topological polar surface area (TPSA) is 47.0 Å². The Morgan fingerprint density at radius 1 is 1.14 bits per heavy atom. The summed E-state index contributed by atoms with van der Waals surface area (Å²) < 4.78 is 28.4. The van der Waals surface area contributed by atoms with Crippen molar-refractivity contribution in [3.05, 3.63) is 47.6 Å². The molecule has 2 heterocycles. The normalized spacial score (nSPS) is 11.0. The first-order chi connectivity index (χ1) is 10.2. The fourth-order valence-electron chi connectivity index (χ4n) is 1.91. The van der Waals surface area contributed by atoms with Gasteiger partial charge in [-0.3, -0.25) is 0 Å². The molecule has 0 bridgehead atoms. The van der Waals surface area contributed by atoms with Crippen LogP contribution in [0.2, 0.25) is 0 Å². The number of halogens is 2. The van der Waals surface area contributed by atoms with Gasteiger partial charge in [0.1, 0.15) is 22.7 Å². The Morgan fingerprint density at radius 3 is 2.71 bits per heavy atom. The van der Waals surface area contributed by atoms with E-state index < -0.39 is 6.61 Å². The van der Waals surface area contributed by atoms with Crippen LogP contribution in [-0.2, 0) is 6.54 Å². The Morgan fingerprint density at radius 2 is 1.95 bits per heavy atom. The van der Waals surface area contributed by atoms with Crippen LogP contribution < -0.4 is 10.1 Å². The second-order valence-corrected chi connectivity index (χ2v) is 5.13. The molecule has 0 aliphatic heterocycles. The smallest absolute Gasteiger partial charge is 0.387 e. The highest BCUT2D eigenvalue weighted by molar-refractivity contribution is 7.16. The summed E-state index contributed by atoms with van der Waals surface area (Å²) >= 11 is 1.55. The molecule has 21 heavy (non-hydrogen) atoms. The van der Waals surface area contributed by atoms with Crippen molar-refractivity contribution in [1.29, 1.82) is 0 Å². The molecule has 7 heteroatoms. The summed E-state index contributed by atoms with van der Waals surface area (Å²) in [5, 5.41) is 6.15. The minimum absolute atomic E-state index is 0.149. The number of thiophene rings is 1. The van der Waals surface area contributed by atoms with E-state index in [0.717, 1.165) is 21.6 Å². The molecule has 1 aromatic carbocycles. The molecule has 0 saturated heterocycles. The van der Waals surface area contributed by atoms with Crippen molar-refractivity contribution in [2.45, 2.75) is 13.2 Å². The van der Waals surface area contributed by atoms with Gasteiger partial charge in [0.25, 0.3) is 0 Å². The van der Waals surface area contributed by atoms with Gasteiger partial charge in [0.05, 0.1) is 5.39 Å². The molecule has 108 valence electrons. The number of nitrogens with one attached hydrogen (secondary N) is 1. The quantitative estimate of drug-likeness (QED) is 0.776. The van der Waals surface area contributed by atoms with E-state index in [0.29, 0.717) is 6.54 Å². The third-order valence-corrected chi connectivity index (χ3v) is 3.69. The maximum atomic E-state index is 12.1. The molecule has 3 rings (SSSR count). The SMILES string of the molecule is FC(F)Oc1ccc(CNc2ncnc3sccc23)cc1. The summed E-state index contributed by atoms with van der Waals surface area (Å²) in [6.45, 7) is -2.27. The van der Waals surface area contributed by atoms with Crippen molar-refractivity contribution >= 4 is 27.4 Å². The molecule has 0 aliphatic rings.